The summed E-state index contributed by atoms with van der Waals surface area (Å²) in [5, 5.41) is 3.66. The Morgan fingerprint density at radius 1 is 1.03 bits per heavy atom. The normalized spacial score (nSPS) is 12.8. The van der Waals surface area contributed by atoms with Gasteiger partial charge in [0, 0.05) is 28.7 Å². The zero-order valence-corrected chi connectivity index (χ0v) is 24.8. The third kappa shape index (κ3) is 8.15. The molecule has 0 bridgehead atoms. The molecule has 2 aromatic rings. The maximum atomic E-state index is 13.9. The Hall–Kier alpha value is -2.69. The standard InChI is InChI=1S/C26H35Cl2N3O6S/c1-7-17(3)29-26(33)22(8-2)30(15-18-9-10-19(27)13-21(18)28)25(32)16-31(38(6,34)35)23-14-20(36-4)11-12-24(23)37-5/h9-14,17,22H,7-8,15-16H2,1-6H3,(H,29,33)/t17-,22+/m0/s1. The van der Waals surface area contributed by atoms with Gasteiger partial charge in [-0.3, -0.25) is 13.9 Å². The van der Waals surface area contributed by atoms with Crippen LogP contribution in [0.1, 0.15) is 39.2 Å². The minimum Gasteiger partial charge on any atom is -0.497 e. The summed E-state index contributed by atoms with van der Waals surface area (Å²) < 4.78 is 37.4. The summed E-state index contributed by atoms with van der Waals surface area (Å²) in [6.45, 7) is 4.97. The Morgan fingerprint density at radius 2 is 1.71 bits per heavy atom. The van der Waals surface area contributed by atoms with Crippen molar-refractivity contribution in [3.63, 3.8) is 0 Å². The van der Waals surface area contributed by atoms with E-state index in [1.807, 2.05) is 13.8 Å². The van der Waals surface area contributed by atoms with Gasteiger partial charge in [-0.15, -0.1) is 0 Å². The summed E-state index contributed by atoms with van der Waals surface area (Å²) in [6, 6.07) is 8.51. The Morgan fingerprint density at radius 3 is 2.24 bits per heavy atom. The Kier molecular flexibility index (Phi) is 11.5. The van der Waals surface area contributed by atoms with Crippen LogP contribution < -0.4 is 19.1 Å². The van der Waals surface area contributed by atoms with E-state index in [9.17, 15) is 18.0 Å². The number of hydrogen-bond donors (Lipinski definition) is 1. The molecule has 0 saturated carbocycles. The van der Waals surface area contributed by atoms with Crippen molar-refractivity contribution >= 4 is 50.7 Å². The van der Waals surface area contributed by atoms with Crippen molar-refractivity contribution in [2.45, 2.75) is 52.2 Å². The Bertz CT molecular complexity index is 1240. The lowest BCUT2D eigenvalue weighted by molar-refractivity contribution is -0.140. The van der Waals surface area contributed by atoms with Crippen LogP contribution in [-0.4, -0.2) is 64.2 Å². The van der Waals surface area contributed by atoms with Crippen molar-refractivity contribution in [2.24, 2.45) is 0 Å². The quantitative estimate of drug-likeness (QED) is 0.370. The second-order valence-electron chi connectivity index (χ2n) is 8.81. The highest BCUT2D eigenvalue weighted by Crippen LogP contribution is 2.34. The van der Waals surface area contributed by atoms with Gasteiger partial charge in [0.25, 0.3) is 0 Å². The van der Waals surface area contributed by atoms with Gasteiger partial charge in [0.1, 0.15) is 24.1 Å². The average molecular weight is 589 g/mol. The molecular formula is C26H35Cl2N3O6S. The fourth-order valence-corrected chi connectivity index (χ4v) is 5.09. The first-order valence-corrected chi connectivity index (χ1v) is 14.7. The van der Waals surface area contributed by atoms with Gasteiger partial charge in [-0.05, 0) is 49.6 Å². The van der Waals surface area contributed by atoms with Crippen molar-refractivity contribution in [2.75, 3.05) is 31.3 Å². The molecule has 210 valence electrons. The van der Waals surface area contributed by atoms with Crippen LogP contribution >= 0.6 is 23.2 Å². The van der Waals surface area contributed by atoms with E-state index in [4.69, 9.17) is 32.7 Å². The third-order valence-electron chi connectivity index (χ3n) is 6.08. The van der Waals surface area contributed by atoms with Crippen molar-refractivity contribution in [1.82, 2.24) is 10.2 Å². The van der Waals surface area contributed by atoms with E-state index < -0.39 is 28.5 Å². The van der Waals surface area contributed by atoms with Crippen LogP contribution in [0.3, 0.4) is 0 Å². The van der Waals surface area contributed by atoms with Gasteiger partial charge in [-0.1, -0.05) is 43.1 Å². The van der Waals surface area contributed by atoms with Gasteiger partial charge in [-0.2, -0.15) is 0 Å². The number of nitrogens with zero attached hydrogens (tertiary/aromatic N) is 2. The number of hydrogen-bond acceptors (Lipinski definition) is 6. The Labute approximate surface area is 235 Å². The lowest BCUT2D eigenvalue weighted by Crippen LogP contribution is -2.53. The number of nitrogens with one attached hydrogen (secondary N) is 1. The largest absolute Gasteiger partial charge is 0.497 e. The second kappa shape index (κ2) is 13.9. The fraction of sp³-hybridized carbons (Fsp3) is 0.462. The van der Waals surface area contributed by atoms with E-state index >= 15 is 0 Å². The van der Waals surface area contributed by atoms with Crippen LogP contribution in [0.4, 0.5) is 5.69 Å². The highest BCUT2D eigenvalue weighted by atomic mass is 35.5. The molecule has 2 atom stereocenters. The fourth-order valence-electron chi connectivity index (χ4n) is 3.78. The molecule has 38 heavy (non-hydrogen) atoms. The number of amides is 2. The van der Waals surface area contributed by atoms with E-state index in [0.717, 1.165) is 10.6 Å². The van der Waals surface area contributed by atoms with Gasteiger partial charge in [0.05, 0.1) is 26.2 Å². The van der Waals surface area contributed by atoms with Gasteiger partial charge in [0.15, 0.2) is 0 Å². The first-order chi connectivity index (χ1) is 17.9. The number of carbonyl (C=O) groups excluding carboxylic acids is 2. The molecule has 1 N–H and O–H groups in total. The van der Waals surface area contributed by atoms with Crippen molar-refractivity contribution in [3.05, 3.63) is 52.0 Å². The molecule has 2 amide bonds. The predicted octanol–water partition coefficient (Wildman–Crippen LogP) is 4.50. The van der Waals surface area contributed by atoms with E-state index in [0.29, 0.717) is 34.2 Å². The monoisotopic (exact) mass is 587 g/mol. The number of halogens is 2. The van der Waals surface area contributed by atoms with E-state index in [-0.39, 0.29) is 29.9 Å². The van der Waals surface area contributed by atoms with Crippen LogP contribution in [0, 0.1) is 0 Å². The maximum absolute atomic E-state index is 13.9. The number of sulfonamides is 1. The van der Waals surface area contributed by atoms with Crippen molar-refractivity contribution < 1.29 is 27.5 Å². The summed E-state index contributed by atoms with van der Waals surface area (Å²) in [4.78, 5) is 28.4. The molecule has 0 aliphatic rings. The molecule has 0 aliphatic carbocycles. The van der Waals surface area contributed by atoms with Gasteiger partial charge in [0.2, 0.25) is 21.8 Å². The lowest BCUT2D eigenvalue weighted by atomic mass is 10.1. The number of methoxy groups -OCH3 is 2. The van der Waals surface area contributed by atoms with E-state index in [1.165, 1.54) is 25.2 Å². The minimum atomic E-state index is -3.96. The molecule has 0 aromatic heterocycles. The first-order valence-electron chi connectivity index (χ1n) is 12.1. The first kappa shape index (κ1) is 31.5. The minimum absolute atomic E-state index is 0.0336. The van der Waals surface area contributed by atoms with Crippen LogP contribution in [-0.2, 0) is 26.2 Å². The molecule has 0 heterocycles. The number of rotatable bonds is 13. The molecule has 0 unspecified atom stereocenters. The van der Waals surface area contributed by atoms with Gasteiger partial charge in [-0.25, -0.2) is 8.42 Å². The van der Waals surface area contributed by atoms with Crippen molar-refractivity contribution in [1.29, 1.82) is 0 Å². The zero-order chi connectivity index (χ0) is 28.6. The smallest absolute Gasteiger partial charge is 0.244 e. The summed E-state index contributed by atoms with van der Waals surface area (Å²) in [7, 11) is -1.12. The molecule has 2 aromatic carbocycles. The summed E-state index contributed by atoms with van der Waals surface area (Å²) in [5.74, 6) is -0.327. The van der Waals surface area contributed by atoms with Gasteiger partial charge >= 0.3 is 0 Å². The molecule has 12 heteroatoms. The topological polar surface area (TPSA) is 105 Å². The number of anilines is 1. The molecule has 0 fully saturated rings. The van der Waals surface area contributed by atoms with Crippen LogP contribution in [0.15, 0.2) is 36.4 Å². The van der Waals surface area contributed by atoms with Crippen LogP contribution in [0.25, 0.3) is 0 Å². The molecule has 0 radical (unpaired) electrons. The van der Waals surface area contributed by atoms with Gasteiger partial charge < -0.3 is 19.7 Å². The molecule has 2 rings (SSSR count). The number of carbonyl (C=O) groups is 2. The number of benzene rings is 2. The van der Waals surface area contributed by atoms with Crippen molar-refractivity contribution in [3.8, 4) is 11.5 Å². The third-order valence-corrected chi connectivity index (χ3v) is 7.79. The number of ether oxygens (including phenoxy) is 2. The zero-order valence-electron chi connectivity index (χ0n) is 22.5. The second-order valence-corrected chi connectivity index (χ2v) is 11.6. The highest BCUT2D eigenvalue weighted by molar-refractivity contribution is 7.92. The molecular weight excluding hydrogens is 553 g/mol. The Balaban J connectivity index is 2.56. The summed E-state index contributed by atoms with van der Waals surface area (Å²) in [5.41, 5.74) is 0.688. The van der Waals surface area contributed by atoms with Crippen LogP contribution in [0.5, 0.6) is 11.5 Å². The summed E-state index contributed by atoms with van der Waals surface area (Å²) >= 11 is 12.4. The average Bonchev–Trinajstić information content (AvgIpc) is 2.86. The van der Waals surface area contributed by atoms with E-state index in [1.54, 1.807) is 37.3 Å². The SMILES string of the molecule is CC[C@H](C(=O)N[C@@H](C)CC)N(Cc1ccc(Cl)cc1Cl)C(=O)CN(c1cc(OC)ccc1OC)S(C)(=O)=O. The lowest BCUT2D eigenvalue weighted by Gasteiger charge is -2.33. The summed E-state index contributed by atoms with van der Waals surface area (Å²) in [6.07, 6.45) is 1.99. The van der Waals surface area contributed by atoms with Crippen LogP contribution in [0.2, 0.25) is 10.0 Å². The highest BCUT2D eigenvalue weighted by Gasteiger charge is 2.33. The maximum Gasteiger partial charge on any atom is 0.244 e. The molecule has 9 nitrogen and oxygen atoms in total. The molecule has 0 spiro atoms. The molecule has 0 aliphatic heterocycles. The van der Waals surface area contributed by atoms with E-state index in [2.05, 4.69) is 5.32 Å². The predicted molar refractivity (Wildman–Crippen MR) is 151 cm³/mol. The molecule has 0 saturated heterocycles.